The fraction of sp³-hybridized carbons (Fsp3) is 0.364. The van der Waals surface area contributed by atoms with Crippen LogP contribution in [0.1, 0.15) is 0 Å². The quantitative estimate of drug-likeness (QED) is 0.445. The van der Waals surface area contributed by atoms with E-state index < -0.39 is 7.14 Å². The molecule has 9 heteroatoms. The first kappa shape index (κ1) is 21.9. The zero-order valence-corrected chi connectivity index (χ0v) is 20.3. The SMILES string of the molecule is COc1cccc2c(N3CC(Oc4ccc(Br)cc4)C3)nc(NCCP(C)(C)=O)nc12. The van der Waals surface area contributed by atoms with Crippen LogP contribution in [0.15, 0.2) is 46.9 Å². The Kier molecular flexibility index (Phi) is 6.39. The van der Waals surface area contributed by atoms with Gasteiger partial charge in [0.15, 0.2) is 0 Å². The molecule has 2 heterocycles. The number of fused-ring (bicyclic) bond motifs is 1. The van der Waals surface area contributed by atoms with E-state index in [9.17, 15) is 4.57 Å². The molecular weight excluding hydrogens is 479 g/mol. The van der Waals surface area contributed by atoms with Gasteiger partial charge in [-0.3, -0.25) is 0 Å². The largest absolute Gasteiger partial charge is 0.494 e. The van der Waals surface area contributed by atoms with Crippen molar-refractivity contribution < 1.29 is 14.0 Å². The lowest BCUT2D eigenvalue weighted by atomic mass is 10.1. The molecule has 0 bridgehead atoms. The lowest BCUT2D eigenvalue weighted by Crippen LogP contribution is -2.54. The van der Waals surface area contributed by atoms with Crippen LogP contribution in [-0.2, 0) is 4.57 Å². The molecule has 0 radical (unpaired) electrons. The van der Waals surface area contributed by atoms with Gasteiger partial charge in [0.25, 0.3) is 0 Å². The Morgan fingerprint density at radius 1 is 1.16 bits per heavy atom. The van der Waals surface area contributed by atoms with Crippen molar-refractivity contribution in [1.82, 2.24) is 9.97 Å². The molecule has 1 aliphatic heterocycles. The molecule has 1 fully saturated rings. The number of ether oxygens (including phenoxy) is 2. The van der Waals surface area contributed by atoms with E-state index in [1.165, 1.54) is 0 Å². The van der Waals surface area contributed by atoms with E-state index in [4.69, 9.17) is 14.5 Å². The summed E-state index contributed by atoms with van der Waals surface area (Å²) in [4.78, 5) is 11.6. The molecule has 0 atom stereocenters. The van der Waals surface area contributed by atoms with Crippen LogP contribution >= 0.6 is 23.1 Å². The molecule has 0 saturated carbocycles. The molecule has 0 aliphatic carbocycles. The van der Waals surface area contributed by atoms with Gasteiger partial charge >= 0.3 is 0 Å². The van der Waals surface area contributed by atoms with Crippen molar-refractivity contribution in [3.63, 3.8) is 0 Å². The molecule has 1 N–H and O–H groups in total. The van der Waals surface area contributed by atoms with Crippen molar-refractivity contribution in [2.45, 2.75) is 6.10 Å². The van der Waals surface area contributed by atoms with E-state index >= 15 is 0 Å². The number of anilines is 2. The number of rotatable bonds is 8. The second-order valence-electron chi connectivity index (χ2n) is 8.05. The zero-order chi connectivity index (χ0) is 22.0. The molecule has 164 valence electrons. The van der Waals surface area contributed by atoms with Crippen LogP contribution < -0.4 is 19.7 Å². The van der Waals surface area contributed by atoms with E-state index in [0.717, 1.165) is 40.0 Å². The Labute approximate surface area is 190 Å². The molecule has 7 nitrogen and oxygen atoms in total. The average Bonchev–Trinajstić information content (AvgIpc) is 2.70. The molecule has 0 amide bonds. The summed E-state index contributed by atoms with van der Waals surface area (Å²) in [5, 5.41) is 4.17. The van der Waals surface area contributed by atoms with Crippen molar-refractivity contribution in [1.29, 1.82) is 0 Å². The fourth-order valence-electron chi connectivity index (χ4n) is 3.42. The number of aromatic nitrogens is 2. The maximum absolute atomic E-state index is 12.0. The summed E-state index contributed by atoms with van der Waals surface area (Å²) in [6, 6.07) is 13.7. The summed E-state index contributed by atoms with van der Waals surface area (Å²) in [6.07, 6.45) is 0.682. The molecule has 0 spiro atoms. The summed E-state index contributed by atoms with van der Waals surface area (Å²) < 4.78 is 24.7. The lowest BCUT2D eigenvalue weighted by molar-refractivity contribution is 0.167. The average molecular weight is 505 g/mol. The van der Waals surface area contributed by atoms with Gasteiger partial charge in [-0.1, -0.05) is 22.0 Å². The third-order valence-electron chi connectivity index (χ3n) is 5.09. The zero-order valence-electron chi connectivity index (χ0n) is 17.8. The van der Waals surface area contributed by atoms with Crippen molar-refractivity contribution in [3.8, 4) is 11.5 Å². The molecule has 2 aromatic carbocycles. The maximum Gasteiger partial charge on any atom is 0.225 e. The smallest absolute Gasteiger partial charge is 0.225 e. The van der Waals surface area contributed by atoms with Crippen LogP contribution in [0.2, 0.25) is 0 Å². The van der Waals surface area contributed by atoms with Crippen LogP contribution in [0.3, 0.4) is 0 Å². The minimum atomic E-state index is -2.11. The first-order valence-electron chi connectivity index (χ1n) is 10.1. The molecule has 1 aliphatic rings. The molecule has 3 aromatic rings. The summed E-state index contributed by atoms with van der Waals surface area (Å²) in [7, 11) is -0.470. The van der Waals surface area contributed by atoms with Gasteiger partial charge in [-0.2, -0.15) is 4.98 Å². The second-order valence-corrected chi connectivity index (χ2v) is 12.6. The topological polar surface area (TPSA) is 76.6 Å². The maximum atomic E-state index is 12.0. The number of nitrogens with one attached hydrogen (secondary N) is 1. The van der Waals surface area contributed by atoms with Crippen LogP contribution in [0, 0.1) is 0 Å². The Morgan fingerprint density at radius 3 is 2.58 bits per heavy atom. The predicted octanol–water partition coefficient (Wildman–Crippen LogP) is 4.70. The lowest BCUT2D eigenvalue weighted by Gasteiger charge is -2.40. The Hall–Kier alpha value is -2.31. The highest BCUT2D eigenvalue weighted by Gasteiger charge is 2.31. The van der Waals surface area contributed by atoms with Gasteiger partial charge in [-0.25, -0.2) is 4.98 Å². The molecule has 4 rings (SSSR count). The highest BCUT2D eigenvalue weighted by molar-refractivity contribution is 9.10. The number of methoxy groups -OCH3 is 1. The van der Waals surface area contributed by atoms with Gasteiger partial charge in [-0.05, 0) is 49.7 Å². The summed E-state index contributed by atoms with van der Waals surface area (Å²) in [5.41, 5.74) is 0.756. The van der Waals surface area contributed by atoms with Crippen molar-refractivity contribution in [2.75, 3.05) is 56.5 Å². The highest BCUT2D eigenvalue weighted by Crippen LogP contribution is 2.36. The van der Waals surface area contributed by atoms with Crippen molar-refractivity contribution >= 4 is 45.7 Å². The molecule has 1 saturated heterocycles. The third kappa shape index (κ3) is 5.31. The first-order valence-corrected chi connectivity index (χ1v) is 13.7. The number of halogens is 1. The van der Waals surface area contributed by atoms with Gasteiger partial charge in [0.1, 0.15) is 28.9 Å². The number of para-hydroxylation sites is 1. The van der Waals surface area contributed by atoms with Gasteiger partial charge in [0, 0.05) is 22.6 Å². The molecular formula is C22H26BrN4O3P. The second kappa shape index (κ2) is 9.05. The van der Waals surface area contributed by atoms with E-state index in [1.807, 2.05) is 42.5 Å². The Morgan fingerprint density at radius 2 is 1.90 bits per heavy atom. The summed E-state index contributed by atoms with van der Waals surface area (Å²) >= 11 is 3.44. The Balaban J connectivity index is 1.54. The van der Waals surface area contributed by atoms with Gasteiger partial charge in [-0.15, -0.1) is 0 Å². The summed E-state index contributed by atoms with van der Waals surface area (Å²) in [5.74, 6) is 2.91. The van der Waals surface area contributed by atoms with Crippen molar-refractivity contribution in [2.24, 2.45) is 0 Å². The van der Waals surface area contributed by atoms with Gasteiger partial charge in [0.05, 0.1) is 27.3 Å². The molecule has 0 unspecified atom stereocenters. The van der Waals surface area contributed by atoms with E-state index in [0.29, 0.717) is 24.4 Å². The number of hydrogen-bond donors (Lipinski definition) is 1. The van der Waals surface area contributed by atoms with E-state index in [1.54, 1.807) is 20.4 Å². The molecule has 31 heavy (non-hydrogen) atoms. The van der Waals surface area contributed by atoms with E-state index in [2.05, 4.69) is 31.1 Å². The summed E-state index contributed by atoms with van der Waals surface area (Å²) in [6.45, 7) is 5.60. The van der Waals surface area contributed by atoms with Gasteiger partial charge < -0.3 is 24.3 Å². The number of hydrogen-bond acceptors (Lipinski definition) is 7. The third-order valence-corrected chi connectivity index (χ3v) is 6.92. The normalized spacial score (nSPS) is 14.4. The predicted molar refractivity (Wildman–Crippen MR) is 130 cm³/mol. The first-order chi connectivity index (χ1) is 14.8. The van der Waals surface area contributed by atoms with Crippen LogP contribution in [0.5, 0.6) is 11.5 Å². The Bertz CT molecular complexity index is 1110. The van der Waals surface area contributed by atoms with E-state index in [-0.39, 0.29) is 6.10 Å². The number of benzene rings is 2. The fourth-order valence-corrected chi connectivity index (χ4v) is 4.34. The molecule has 1 aromatic heterocycles. The van der Waals surface area contributed by atoms with Crippen LogP contribution in [0.4, 0.5) is 11.8 Å². The minimum absolute atomic E-state index is 0.0965. The van der Waals surface area contributed by atoms with Crippen LogP contribution in [-0.4, -0.2) is 62.3 Å². The van der Waals surface area contributed by atoms with Gasteiger partial charge in [0.2, 0.25) is 5.95 Å². The monoisotopic (exact) mass is 504 g/mol. The number of nitrogens with zero attached hydrogens (tertiary/aromatic N) is 3. The standard InChI is InChI=1S/C22H26BrN4O3P/c1-29-19-6-4-5-18-20(19)25-22(24-11-12-31(2,3)28)26-21(18)27-13-17(14-27)30-16-9-7-15(23)8-10-16/h4-10,17H,11-14H2,1-3H3,(H,24,25,26). The van der Waals surface area contributed by atoms with Crippen LogP contribution in [0.25, 0.3) is 10.9 Å². The van der Waals surface area contributed by atoms with Crippen molar-refractivity contribution in [3.05, 3.63) is 46.9 Å². The minimum Gasteiger partial charge on any atom is -0.494 e. The highest BCUT2D eigenvalue weighted by atomic mass is 79.9.